The predicted molar refractivity (Wildman–Crippen MR) is 60.4 cm³/mol. The van der Waals surface area contributed by atoms with E-state index in [1.807, 2.05) is 30.7 Å². The first-order chi connectivity index (χ1) is 7.13. The molecule has 0 saturated carbocycles. The number of amides is 1. The van der Waals surface area contributed by atoms with Gasteiger partial charge in [-0.25, -0.2) is 0 Å². The van der Waals surface area contributed by atoms with Crippen molar-refractivity contribution < 1.29 is 4.79 Å². The van der Waals surface area contributed by atoms with E-state index in [-0.39, 0.29) is 11.8 Å². The zero-order valence-electron chi connectivity index (χ0n) is 8.86. The van der Waals surface area contributed by atoms with Crippen LogP contribution in [0.1, 0.15) is 19.4 Å². The van der Waals surface area contributed by atoms with Crippen molar-refractivity contribution in [3.05, 3.63) is 22.4 Å². The number of carbonyl (C=O) groups is 1. The molecule has 0 aliphatic rings. The van der Waals surface area contributed by atoms with Crippen molar-refractivity contribution >= 4 is 17.2 Å². The monoisotopic (exact) mass is 222 g/mol. The lowest BCUT2D eigenvalue weighted by Gasteiger charge is -2.14. The van der Waals surface area contributed by atoms with Crippen LogP contribution in [0.2, 0.25) is 0 Å². The Labute approximate surface area is 93.7 Å². The van der Waals surface area contributed by atoms with Gasteiger partial charge in [0.1, 0.15) is 6.04 Å². The van der Waals surface area contributed by atoms with E-state index in [9.17, 15) is 4.79 Å². The van der Waals surface area contributed by atoms with Gasteiger partial charge in [0.2, 0.25) is 5.91 Å². The van der Waals surface area contributed by atoms with Gasteiger partial charge in [0.15, 0.2) is 0 Å². The summed E-state index contributed by atoms with van der Waals surface area (Å²) in [4.78, 5) is 11.5. The highest BCUT2D eigenvalue weighted by Crippen LogP contribution is 2.07. The Morgan fingerprint density at radius 2 is 2.40 bits per heavy atom. The minimum Gasteiger partial charge on any atom is -0.340 e. The van der Waals surface area contributed by atoms with Gasteiger partial charge in [0.25, 0.3) is 0 Å². The van der Waals surface area contributed by atoms with Crippen LogP contribution < -0.4 is 5.32 Å². The maximum atomic E-state index is 11.5. The van der Waals surface area contributed by atoms with E-state index >= 15 is 0 Å². The lowest BCUT2D eigenvalue weighted by Crippen LogP contribution is -2.38. The number of nitrogens with one attached hydrogen (secondary N) is 1. The molecular formula is C11H14N2OS. The van der Waals surface area contributed by atoms with Crippen LogP contribution in [0.15, 0.2) is 16.8 Å². The van der Waals surface area contributed by atoms with Crippen molar-refractivity contribution in [1.82, 2.24) is 5.32 Å². The largest absolute Gasteiger partial charge is 0.340 e. The van der Waals surface area contributed by atoms with E-state index in [0.717, 1.165) is 5.56 Å². The van der Waals surface area contributed by atoms with Crippen LogP contribution >= 0.6 is 11.3 Å². The topological polar surface area (TPSA) is 52.9 Å². The Morgan fingerprint density at radius 1 is 1.67 bits per heavy atom. The van der Waals surface area contributed by atoms with Gasteiger partial charge in [-0.15, -0.1) is 0 Å². The van der Waals surface area contributed by atoms with Crippen LogP contribution in [0, 0.1) is 17.2 Å². The third-order valence-electron chi connectivity index (χ3n) is 2.07. The molecule has 0 saturated heterocycles. The molecule has 1 amide bonds. The maximum Gasteiger partial charge on any atom is 0.225 e. The molecule has 1 aromatic rings. The van der Waals surface area contributed by atoms with Crippen LogP contribution in [0.4, 0.5) is 0 Å². The van der Waals surface area contributed by atoms with E-state index in [1.165, 1.54) is 0 Å². The molecule has 1 aromatic heterocycles. The van der Waals surface area contributed by atoms with E-state index < -0.39 is 6.04 Å². The lowest BCUT2D eigenvalue weighted by atomic mass is 10.1. The first kappa shape index (κ1) is 11.7. The van der Waals surface area contributed by atoms with Crippen molar-refractivity contribution in [2.24, 2.45) is 5.92 Å². The Kier molecular flexibility index (Phi) is 4.32. The summed E-state index contributed by atoms with van der Waals surface area (Å²) in [6.07, 6.45) is 0.356. The normalized spacial score (nSPS) is 12.1. The zero-order valence-corrected chi connectivity index (χ0v) is 9.67. The van der Waals surface area contributed by atoms with E-state index in [0.29, 0.717) is 6.42 Å². The molecule has 0 fully saturated rings. The summed E-state index contributed by atoms with van der Waals surface area (Å²) in [7, 11) is 0. The molecule has 1 heterocycles. The molecule has 4 heteroatoms. The Hall–Kier alpha value is -1.34. The number of carbonyl (C=O) groups excluding carboxylic acids is 1. The van der Waals surface area contributed by atoms with E-state index in [1.54, 1.807) is 11.3 Å². The minimum absolute atomic E-state index is 0.0892. The fourth-order valence-corrected chi connectivity index (χ4v) is 1.82. The van der Waals surface area contributed by atoms with Crippen LogP contribution in [0.5, 0.6) is 0 Å². The van der Waals surface area contributed by atoms with Crippen LogP contribution in [0.3, 0.4) is 0 Å². The summed E-state index contributed by atoms with van der Waals surface area (Å²) in [5.74, 6) is 0.0510. The molecule has 3 nitrogen and oxygen atoms in total. The smallest absolute Gasteiger partial charge is 0.225 e. The highest BCUT2D eigenvalue weighted by Gasteiger charge is 2.15. The summed E-state index contributed by atoms with van der Waals surface area (Å²) in [5.41, 5.74) is 0.998. The number of hydrogen-bond acceptors (Lipinski definition) is 3. The number of thiophene rings is 1. The average Bonchev–Trinajstić information content (AvgIpc) is 2.66. The SMILES string of the molecule is CC(C)C(C#N)NC(=O)Cc1ccsc1. The van der Waals surface area contributed by atoms with Crippen molar-refractivity contribution in [1.29, 1.82) is 5.26 Å². The van der Waals surface area contributed by atoms with Crippen molar-refractivity contribution in [3.8, 4) is 6.07 Å². The second-order valence-corrected chi connectivity index (χ2v) is 4.51. The number of nitrogens with zero attached hydrogens (tertiary/aromatic N) is 1. The molecule has 0 radical (unpaired) electrons. The average molecular weight is 222 g/mol. The van der Waals surface area contributed by atoms with Crippen LogP contribution in [-0.2, 0) is 11.2 Å². The predicted octanol–water partition coefficient (Wildman–Crippen LogP) is 1.95. The van der Waals surface area contributed by atoms with Gasteiger partial charge in [-0.05, 0) is 28.3 Å². The summed E-state index contributed by atoms with van der Waals surface area (Å²) in [5, 5.41) is 15.4. The maximum absolute atomic E-state index is 11.5. The number of hydrogen-bond donors (Lipinski definition) is 1. The number of nitriles is 1. The first-order valence-corrected chi connectivity index (χ1v) is 5.78. The van der Waals surface area contributed by atoms with Gasteiger partial charge in [-0.1, -0.05) is 13.8 Å². The molecule has 0 spiro atoms. The van der Waals surface area contributed by atoms with Gasteiger partial charge in [-0.2, -0.15) is 16.6 Å². The van der Waals surface area contributed by atoms with Gasteiger partial charge < -0.3 is 5.32 Å². The van der Waals surface area contributed by atoms with Gasteiger partial charge in [-0.3, -0.25) is 4.79 Å². The van der Waals surface area contributed by atoms with E-state index in [2.05, 4.69) is 11.4 Å². The minimum atomic E-state index is -0.392. The number of rotatable bonds is 4. The van der Waals surface area contributed by atoms with Gasteiger partial charge in [0.05, 0.1) is 12.5 Å². The zero-order chi connectivity index (χ0) is 11.3. The Morgan fingerprint density at radius 3 is 2.87 bits per heavy atom. The Balaban J connectivity index is 2.46. The molecule has 1 atom stereocenters. The second kappa shape index (κ2) is 5.52. The first-order valence-electron chi connectivity index (χ1n) is 4.83. The van der Waals surface area contributed by atoms with Gasteiger partial charge >= 0.3 is 0 Å². The molecule has 1 N–H and O–H groups in total. The molecule has 1 unspecified atom stereocenters. The van der Waals surface area contributed by atoms with Crippen molar-refractivity contribution in [2.45, 2.75) is 26.3 Å². The van der Waals surface area contributed by atoms with Crippen LogP contribution in [0.25, 0.3) is 0 Å². The highest BCUT2D eigenvalue weighted by atomic mass is 32.1. The van der Waals surface area contributed by atoms with Gasteiger partial charge in [0, 0.05) is 0 Å². The standard InChI is InChI=1S/C11H14N2OS/c1-8(2)10(6-12)13-11(14)5-9-3-4-15-7-9/h3-4,7-8,10H,5H2,1-2H3,(H,13,14). The molecule has 80 valence electrons. The molecule has 1 rings (SSSR count). The third-order valence-corrected chi connectivity index (χ3v) is 2.80. The quantitative estimate of drug-likeness (QED) is 0.846. The van der Waals surface area contributed by atoms with Crippen molar-refractivity contribution in [2.75, 3.05) is 0 Å². The fraction of sp³-hybridized carbons (Fsp3) is 0.455. The second-order valence-electron chi connectivity index (χ2n) is 3.73. The fourth-order valence-electron chi connectivity index (χ4n) is 1.15. The summed E-state index contributed by atoms with van der Waals surface area (Å²) in [6, 6.07) is 3.61. The van der Waals surface area contributed by atoms with Crippen molar-refractivity contribution in [3.63, 3.8) is 0 Å². The van der Waals surface area contributed by atoms with E-state index in [4.69, 9.17) is 5.26 Å². The molecule has 0 aromatic carbocycles. The Bertz CT molecular complexity index is 351. The summed E-state index contributed by atoms with van der Waals surface area (Å²) < 4.78 is 0. The molecular weight excluding hydrogens is 208 g/mol. The molecule has 15 heavy (non-hydrogen) atoms. The molecule has 0 bridgehead atoms. The lowest BCUT2D eigenvalue weighted by molar-refractivity contribution is -0.121. The summed E-state index contributed by atoms with van der Waals surface area (Å²) in [6.45, 7) is 3.83. The van der Waals surface area contributed by atoms with Crippen LogP contribution in [-0.4, -0.2) is 11.9 Å². The highest BCUT2D eigenvalue weighted by molar-refractivity contribution is 7.07. The third kappa shape index (κ3) is 3.72. The molecule has 0 aliphatic heterocycles. The summed E-state index contributed by atoms with van der Waals surface area (Å²) >= 11 is 1.57. The molecule has 0 aliphatic carbocycles.